The molecule has 0 bridgehead atoms. The number of carbonyl (C=O) groups is 1. The molecule has 1 amide bonds. The van der Waals surface area contributed by atoms with Crippen molar-refractivity contribution in [3.05, 3.63) is 35.1 Å². The molecule has 8 heteroatoms. The highest BCUT2D eigenvalue weighted by Gasteiger charge is 2.55. The number of amidine groups is 1. The number of carbonyl (C=O) groups excluding carboxylic acids is 1. The fourth-order valence-electron chi connectivity index (χ4n) is 4.50. The van der Waals surface area contributed by atoms with Crippen LogP contribution in [0.3, 0.4) is 0 Å². The molecule has 3 rings (SSSR count). The predicted molar refractivity (Wildman–Crippen MR) is 121 cm³/mol. The number of ether oxygens (including phenoxy) is 1. The highest BCUT2D eigenvalue weighted by molar-refractivity contribution is 7.95. The van der Waals surface area contributed by atoms with E-state index in [1.807, 2.05) is 0 Å². The number of rotatable bonds is 1. The van der Waals surface area contributed by atoms with Crippen molar-refractivity contribution < 1.29 is 18.1 Å². The van der Waals surface area contributed by atoms with Gasteiger partial charge in [0.1, 0.15) is 27.5 Å². The normalized spacial score (nSPS) is 27.3. The number of terminal acetylenes is 1. The molecule has 1 heterocycles. The number of alkyl carbamates (subject to hydrolysis) is 1. The Bertz CT molecular complexity index is 1080. The van der Waals surface area contributed by atoms with Gasteiger partial charge in [0.25, 0.3) is 0 Å². The van der Waals surface area contributed by atoms with Gasteiger partial charge in [0.05, 0.1) is 15.5 Å². The highest BCUT2D eigenvalue weighted by atomic mass is 32.2. The third-order valence-electron chi connectivity index (χ3n) is 5.92. The van der Waals surface area contributed by atoms with Crippen molar-refractivity contribution in [2.45, 2.75) is 69.3 Å². The van der Waals surface area contributed by atoms with Crippen LogP contribution in [-0.2, 0) is 20.0 Å². The number of nitrogens with zero attached hydrogens (tertiary/aromatic N) is 2. The van der Waals surface area contributed by atoms with E-state index < -0.39 is 37.5 Å². The Morgan fingerprint density at radius 3 is 2.55 bits per heavy atom. The van der Waals surface area contributed by atoms with E-state index in [0.717, 1.165) is 12.8 Å². The zero-order chi connectivity index (χ0) is 23.1. The Morgan fingerprint density at radius 1 is 1.35 bits per heavy atom. The van der Waals surface area contributed by atoms with E-state index in [0.29, 0.717) is 18.4 Å². The van der Waals surface area contributed by atoms with E-state index in [2.05, 4.69) is 15.6 Å². The van der Waals surface area contributed by atoms with Crippen LogP contribution in [0.15, 0.2) is 27.6 Å². The maximum Gasteiger partial charge on any atom is 0.413 e. The first-order chi connectivity index (χ1) is 14.4. The molecule has 1 aromatic rings. The largest absolute Gasteiger partial charge is 0.444 e. The average molecular weight is 448 g/mol. The molecule has 2 atom stereocenters. The Balaban J connectivity index is 2.20. The molecule has 1 aromatic carbocycles. The van der Waals surface area contributed by atoms with Crippen LogP contribution < -0.4 is 5.32 Å². The Hall–Kier alpha value is -2.40. The molecule has 6 nitrogen and oxygen atoms in total. The summed E-state index contributed by atoms with van der Waals surface area (Å²) in [5.74, 6) is 2.31. The van der Waals surface area contributed by atoms with Gasteiger partial charge in [-0.2, -0.15) is 0 Å². The fourth-order valence-corrected chi connectivity index (χ4v) is 7.56. The van der Waals surface area contributed by atoms with E-state index in [1.165, 1.54) is 19.2 Å². The van der Waals surface area contributed by atoms with Crippen LogP contribution in [0, 0.1) is 18.2 Å². The maximum absolute atomic E-state index is 14.9. The molecule has 2 aliphatic rings. The summed E-state index contributed by atoms with van der Waals surface area (Å²) >= 11 is 0. The van der Waals surface area contributed by atoms with Crippen LogP contribution in [0.4, 0.5) is 9.18 Å². The summed E-state index contributed by atoms with van der Waals surface area (Å²) in [6.07, 6.45) is 7.69. The maximum atomic E-state index is 14.9. The summed E-state index contributed by atoms with van der Waals surface area (Å²) in [6.45, 7) is 6.98. The summed E-state index contributed by atoms with van der Waals surface area (Å²) < 4.78 is 38.0. The summed E-state index contributed by atoms with van der Waals surface area (Å²) in [5.41, 5.74) is -1.20. The minimum absolute atomic E-state index is 0.0426. The van der Waals surface area contributed by atoms with E-state index in [-0.39, 0.29) is 17.2 Å². The quantitative estimate of drug-likeness (QED) is 0.649. The zero-order valence-electron chi connectivity index (χ0n) is 18.8. The third kappa shape index (κ3) is 4.20. The van der Waals surface area contributed by atoms with Crippen LogP contribution in [0.1, 0.15) is 64.5 Å². The molecular formula is C23H30FN3O3S. The zero-order valence-corrected chi connectivity index (χ0v) is 19.6. The van der Waals surface area contributed by atoms with Gasteiger partial charge in [-0.05, 0) is 58.7 Å². The SMILES string of the molecule is C#Cc1ccc(F)c([C@]2(C)CS(=O)(=NC)C3(CCCC3)C(NC(=O)OC(C)(C)C)=N2)c1. The van der Waals surface area contributed by atoms with Crippen LogP contribution >= 0.6 is 0 Å². The number of halogens is 1. The number of aliphatic imine (C=N–C) groups is 1. The summed E-state index contributed by atoms with van der Waals surface area (Å²) in [4.78, 5) is 17.5. The van der Waals surface area contributed by atoms with E-state index in [1.54, 1.807) is 33.8 Å². The van der Waals surface area contributed by atoms with Gasteiger partial charge in [0.2, 0.25) is 0 Å². The first kappa shape index (κ1) is 23.3. The number of amides is 1. The Morgan fingerprint density at radius 2 is 2.00 bits per heavy atom. The van der Waals surface area contributed by atoms with Crippen molar-refractivity contribution in [3.63, 3.8) is 0 Å². The molecule has 0 radical (unpaired) electrons. The minimum atomic E-state index is -2.89. The van der Waals surface area contributed by atoms with E-state index in [9.17, 15) is 13.4 Å². The molecule has 1 aliphatic heterocycles. The van der Waals surface area contributed by atoms with Crippen molar-refractivity contribution in [1.82, 2.24) is 5.32 Å². The molecule has 31 heavy (non-hydrogen) atoms. The van der Waals surface area contributed by atoms with Gasteiger partial charge in [-0.15, -0.1) is 6.42 Å². The van der Waals surface area contributed by atoms with Gasteiger partial charge in [-0.3, -0.25) is 10.3 Å². The monoisotopic (exact) mass is 447 g/mol. The lowest BCUT2D eigenvalue weighted by atomic mass is 9.91. The first-order valence-electron chi connectivity index (χ1n) is 10.4. The fraction of sp³-hybridized carbons (Fsp3) is 0.565. The number of benzene rings is 1. The standard InChI is InChI=1S/C23H30FN3O3S/c1-7-16-10-11-18(24)17(14-16)22(5)15-31(29,25-6)23(12-8-9-13-23)19(27-22)26-20(28)30-21(2,3)4/h1,10-11,14H,8-9,12-13,15H2,2-6H3,(H,26,27,28)/t22-,31?/m0/s1. The smallest absolute Gasteiger partial charge is 0.413 e. The average Bonchev–Trinajstić information content (AvgIpc) is 3.16. The topological polar surface area (TPSA) is 80.1 Å². The summed E-state index contributed by atoms with van der Waals surface area (Å²) in [5, 5.41) is 2.76. The number of nitrogens with one attached hydrogen (secondary N) is 1. The second kappa shape index (κ2) is 7.94. The molecular weight excluding hydrogens is 417 g/mol. The highest BCUT2D eigenvalue weighted by Crippen LogP contribution is 2.47. The second-order valence-corrected chi connectivity index (χ2v) is 12.1. The van der Waals surface area contributed by atoms with Crippen molar-refractivity contribution in [3.8, 4) is 12.3 Å². The molecule has 0 saturated heterocycles. The number of hydrogen-bond donors (Lipinski definition) is 1. The lowest BCUT2D eigenvalue weighted by Gasteiger charge is -2.43. The molecule has 168 valence electrons. The van der Waals surface area contributed by atoms with Crippen LogP contribution in [0.5, 0.6) is 0 Å². The van der Waals surface area contributed by atoms with Gasteiger partial charge >= 0.3 is 6.09 Å². The van der Waals surface area contributed by atoms with Gasteiger partial charge in [-0.25, -0.2) is 17.8 Å². The van der Waals surface area contributed by atoms with Crippen LogP contribution in [-0.4, -0.2) is 39.3 Å². The first-order valence-corrected chi connectivity index (χ1v) is 12.1. The third-order valence-corrected chi connectivity index (χ3v) is 9.28. The molecule has 1 fully saturated rings. The Kier molecular flexibility index (Phi) is 5.96. The Labute approximate surface area is 184 Å². The molecule has 1 saturated carbocycles. The summed E-state index contributed by atoms with van der Waals surface area (Å²) in [7, 11) is -1.37. The van der Waals surface area contributed by atoms with Crippen molar-refractivity contribution in [1.29, 1.82) is 0 Å². The summed E-state index contributed by atoms with van der Waals surface area (Å²) in [6, 6.07) is 4.34. The lowest BCUT2D eigenvalue weighted by molar-refractivity contribution is 0.0560. The second-order valence-electron chi connectivity index (χ2n) is 9.37. The molecule has 1 spiro atoms. The predicted octanol–water partition coefficient (Wildman–Crippen LogP) is 4.37. The van der Waals surface area contributed by atoms with Gasteiger partial charge in [-0.1, -0.05) is 18.8 Å². The molecule has 1 unspecified atom stereocenters. The molecule has 1 aliphatic carbocycles. The van der Waals surface area contributed by atoms with E-state index >= 15 is 0 Å². The van der Waals surface area contributed by atoms with Crippen molar-refractivity contribution in [2.75, 3.05) is 12.8 Å². The minimum Gasteiger partial charge on any atom is -0.444 e. The lowest BCUT2D eigenvalue weighted by Crippen LogP contribution is -2.59. The van der Waals surface area contributed by atoms with Gasteiger partial charge < -0.3 is 4.74 Å². The van der Waals surface area contributed by atoms with E-state index in [4.69, 9.17) is 16.2 Å². The van der Waals surface area contributed by atoms with Crippen LogP contribution in [0.25, 0.3) is 0 Å². The van der Waals surface area contributed by atoms with Crippen LogP contribution in [0.2, 0.25) is 0 Å². The molecule has 0 aromatic heterocycles. The van der Waals surface area contributed by atoms with Crippen molar-refractivity contribution >= 4 is 21.7 Å². The van der Waals surface area contributed by atoms with Gasteiger partial charge in [0, 0.05) is 18.2 Å². The van der Waals surface area contributed by atoms with Gasteiger partial charge in [0.15, 0.2) is 0 Å². The molecule has 1 N–H and O–H groups in total. The number of hydrogen-bond acceptors (Lipinski definition) is 5. The van der Waals surface area contributed by atoms with Crippen molar-refractivity contribution in [2.24, 2.45) is 9.36 Å².